The lowest BCUT2D eigenvalue weighted by Crippen LogP contribution is -2.14. The standard InChI is InChI=1S/C5H9Cl2NO2S/c1-4(11(7,9)10)3-8-5(2)6/h3,5,8H,1-2H3/b4-3+. The molecular formula is C5H9Cl2NO2S. The lowest BCUT2D eigenvalue weighted by Gasteiger charge is -2.01. The van der Waals surface area contributed by atoms with Gasteiger partial charge < -0.3 is 5.32 Å². The largest absolute Gasteiger partial charge is 0.375 e. The van der Waals surface area contributed by atoms with Crippen LogP contribution >= 0.6 is 22.3 Å². The normalized spacial score (nSPS) is 16.2. The summed E-state index contributed by atoms with van der Waals surface area (Å²) in [5, 5.41) is 2.59. The Balaban J connectivity index is 4.26. The summed E-state index contributed by atoms with van der Waals surface area (Å²) in [6.45, 7) is 3.06. The fourth-order valence-electron chi connectivity index (χ4n) is 0.303. The molecule has 0 rings (SSSR count). The minimum Gasteiger partial charge on any atom is -0.375 e. The second-order valence-corrected chi connectivity index (χ2v) is 5.37. The highest BCUT2D eigenvalue weighted by atomic mass is 35.7. The van der Waals surface area contributed by atoms with Gasteiger partial charge in [0.25, 0.3) is 9.05 Å². The van der Waals surface area contributed by atoms with E-state index in [1.54, 1.807) is 6.92 Å². The highest BCUT2D eigenvalue weighted by Gasteiger charge is 2.07. The van der Waals surface area contributed by atoms with Crippen LogP contribution in [0.5, 0.6) is 0 Å². The second kappa shape index (κ2) is 4.18. The van der Waals surface area contributed by atoms with Crippen LogP contribution in [0.2, 0.25) is 0 Å². The van der Waals surface area contributed by atoms with E-state index < -0.39 is 9.05 Å². The molecule has 1 N–H and O–H groups in total. The van der Waals surface area contributed by atoms with E-state index in [4.69, 9.17) is 22.3 Å². The summed E-state index contributed by atoms with van der Waals surface area (Å²) in [6.07, 6.45) is 1.26. The molecule has 1 unspecified atom stereocenters. The molecule has 0 bridgehead atoms. The molecular weight excluding hydrogens is 209 g/mol. The molecule has 1 atom stereocenters. The molecule has 0 saturated heterocycles. The smallest absolute Gasteiger partial charge is 0.258 e. The van der Waals surface area contributed by atoms with Crippen LogP contribution in [-0.4, -0.2) is 13.9 Å². The van der Waals surface area contributed by atoms with Crippen molar-refractivity contribution in [3.63, 3.8) is 0 Å². The predicted molar refractivity (Wildman–Crippen MR) is 47.0 cm³/mol. The first-order chi connectivity index (χ1) is 4.84. The van der Waals surface area contributed by atoms with Crippen molar-refractivity contribution in [2.24, 2.45) is 0 Å². The third-order valence-corrected chi connectivity index (χ3v) is 2.64. The van der Waals surface area contributed by atoms with Crippen molar-refractivity contribution in [2.45, 2.75) is 19.3 Å². The Bertz CT molecular complexity index is 245. The summed E-state index contributed by atoms with van der Waals surface area (Å²) in [5.74, 6) is 0. The van der Waals surface area contributed by atoms with E-state index in [-0.39, 0.29) is 10.4 Å². The Morgan fingerprint density at radius 2 is 2.09 bits per heavy atom. The van der Waals surface area contributed by atoms with Crippen LogP contribution in [0.25, 0.3) is 0 Å². The first kappa shape index (κ1) is 11.1. The van der Waals surface area contributed by atoms with E-state index in [2.05, 4.69) is 5.32 Å². The Kier molecular flexibility index (Phi) is 4.21. The summed E-state index contributed by atoms with van der Waals surface area (Å²) < 4.78 is 21.1. The molecule has 0 heterocycles. The first-order valence-corrected chi connectivity index (χ1v) is 5.60. The first-order valence-electron chi connectivity index (χ1n) is 2.85. The van der Waals surface area contributed by atoms with Gasteiger partial charge in [-0.05, 0) is 13.8 Å². The topological polar surface area (TPSA) is 46.2 Å². The molecule has 0 aromatic rings. The van der Waals surface area contributed by atoms with Gasteiger partial charge in [-0.2, -0.15) is 0 Å². The molecule has 0 radical (unpaired) electrons. The van der Waals surface area contributed by atoms with Gasteiger partial charge in [-0.3, -0.25) is 0 Å². The number of hydrogen-bond acceptors (Lipinski definition) is 3. The van der Waals surface area contributed by atoms with Gasteiger partial charge in [-0.1, -0.05) is 11.6 Å². The van der Waals surface area contributed by atoms with Crippen LogP contribution in [0.4, 0.5) is 0 Å². The predicted octanol–water partition coefficient (Wildman–Crippen LogP) is 1.59. The van der Waals surface area contributed by atoms with Crippen LogP contribution in [0.15, 0.2) is 11.1 Å². The van der Waals surface area contributed by atoms with Gasteiger partial charge in [0.15, 0.2) is 0 Å². The van der Waals surface area contributed by atoms with E-state index in [1.807, 2.05) is 0 Å². The molecule has 11 heavy (non-hydrogen) atoms. The molecule has 0 aliphatic carbocycles. The summed E-state index contributed by atoms with van der Waals surface area (Å²) in [5.41, 5.74) is -0.316. The van der Waals surface area contributed by atoms with E-state index >= 15 is 0 Å². The Morgan fingerprint density at radius 1 is 1.64 bits per heavy atom. The van der Waals surface area contributed by atoms with Crippen molar-refractivity contribution in [2.75, 3.05) is 0 Å². The van der Waals surface area contributed by atoms with E-state index in [0.717, 1.165) is 0 Å². The lowest BCUT2D eigenvalue weighted by molar-refractivity contribution is 0.614. The van der Waals surface area contributed by atoms with Gasteiger partial charge in [-0.25, -0.2) is 8.42 Å². The molecule has 0 aliphatic rings. The van der Waals surface area contributed by atoms with Crippen molar-refractivity contribution in [3.05, 3.63) is 11.1 Å². The average Bonchev–Trinajstić information content (AvgIpc) is 1.80. The lowest BCUT2D eigenvalue weighted by atomic mass is 10.6. The zero-order chi connectivity index (χ0) is 9.07. The highest BCUT2D eigenvalue weighted by molar-refractivity contribution is 8.16. The fraction of sp³-hybridized carbons (Fsp3) is 0.600. The quantitative estimate of drug-likeness (QED) is 0.444. The fourth-order valence-corrected chi connectivity index (χ4v) is 0.708. The number of halogens is 2. The van der Waals surface area contributed by atoms with Crippen LogP contribution in [0.1, 0.15) is 13.8 Å². The average molecular weight is 218 g/mol. The number of allylic oxidation sites excluding steroid dienone is 1. The molecule has 66 valence electrons. The number of alkyl halides is 1. The summed E-state index contributed by atoms with van der Waals surface area (Å²) in [6, 6.07) is 0. The minimum absolute atomic E-state index is 0.0478. The summed E-state index contributed by atoms with van der Waals surface area (Å²) >= 11 is 5.48. The molecule has 0 fully saturated rings. The molecule has 0 aromatic heterocycles. The summed E-state index contributed by atoms with van der Waals surface area (Å²) in [4.78, 5) is 0.0478. The number of nitrogens with one attached hydrogen (secondary N) is 1. The third-order valence-electron chi connectivity index (χ3n) is 0.901. The Labute approximate surface area is 75.8 Å². The van der Waals surface area contributed by atoms with Gasteiger partial charge in [-0.15, -0.1) is 0 Å². The molecule has 6 heteroatoms. The number of rotatable bonds is 3. The van der Waals surface area contributed by atoms with Crippen LogP contribution in [-0.2, 0) is 9.05 Å². The van der Waals surface area contributed by atoms with Gasteiger partial charge in [0.2, 0.25) is 0 Å². The second-order valence-electron chi connectivity index (χ2n) is 1.98. The van der Waals surface area contributed by atoms with Crippen LogP contribution in [0.3, 0.4) is 0 Å². The molecule has 0 spiro atoms. The van der Waals surface area contributed by atoms with Crippen molar-refractivity contribution < 1.29 is 8.42 Å². The number of hydrogen-bond donors (Lipinski definition) is 1. The van der Waals surface area contributed by atoms with Gasteiger partial charge in [0.05, 0.1) is 10.4 Å². The van der Waals surface area contributed by atoms with Crippen LogP contribution in [0, 0.1) is 0 Å². The van der Waals surface area contributed by atoms with E-state index in [1.165, 1.54) is 13.1 Å². The third kappa shape index (κ3) is 5.35. The van der Waals surface area contributed by atoms with Gasteiger partial charge in [0.1, 0.15) is 0 Å². The van der Waals surface area contributed by atoms with Crippen LogP contribution < -0.4 is 5.32 Å². The molecule has 0 amide bonds. The molecule has 3 nitrogen and oxygen atoms in total. The van der Waals surface area contributed by atoms with Crippen molar-refractivity contribution in [3.8, 4) is 0 Å². The summed E-state index contributed by atoms with van der Waals surface area (Å²) in [7, 11) is 1.40. The monoisotopic (exact) mass is 217 g/mol. The van der Waals surface area contributed by atoms with Crippen molar-refractivity contribution in [1.82, 2.24) is 5.32 Å². The molecule has 0 aliphatic heterocycles. The van der Waals surface area contributed by atoms with Crippen molar-refractivity contribution >= 4 is 31.3 Å². The SMILES string of the molecule is C/C(=C\NC(C)Cl)S(=O)(=O)Cl. The highest BCUT2D eigenvalue weighted by Crippen LogP contribution is 2.09. The van der Waals surface area contributed by atoms with Crippen molar-refractivity contribution in [1.29, 1.82) is 0 Å². The van der Waals surface area contributed by atoms with Gasteiger partial charge >= 0.3 is 0 Å². The zero-order valence-electron chi connectivity index (χ0n) is 6.14. The maximum absolute atomic E-state index is 10.6. The molecule has 0 saturated carbocycles. The minimum atomic E-state index is -3.59. The Hall–Kier alpha value is 0.0700. The zero-order valence-corrected chi connectivity index (χ0v) is 8.46. The van der Waals surface area contributed by atoms with Gasteiger partial charge in [0, 0.05) is 16.9 Å². The molecule has 0 aromatic carbocycles. The maximum Gasteiger partial charge on any atom is 0.258 e. The van der Waals surface area contributed by atoms with E-state index in [9.17, 15) is 8.42 Å². The maximum atomic E-state index is 10.6. The van der Waals surface area contributed by atoms with E-state index in [0.29, 0.717) is 0 Å². The Morgan fingerprint density at radius 3 is 2.36 bits per heavy atom.